The standard InChI is InChI=1S/C16H12Cl2F2N4O2/c1-2-26-14-6-10(8-23-16(25)15(18)11(17)7-21-23)22-24(14)13-4-3-9(19)5-12(13)20/h3-7H,2,8H2,1H3. The molecule has 10 heteroatoms. The molecule has 2 heterocycles. The fourth-order valence-corrected chi connectivity index (χ4v) is 2.55. The first-order valence-corrected chi connectivity index (χ1v) is 8.24. The summed E-state index contributed by atoms with van der Waals surface area (Å²) >= 11 is 11.6. The van der Waals surface area contributed by atoms with Crippen LogP contribution in [0.5, 0.6) is 5.88 Å². The number of nitrogens with zero attached hydrogens (tertiary/aromatic N) is 4. The minimum absolute atomic E-state index is 0.00976. The van der Waals surface area contributed by atoms with Crippen molar-refractivity contribution in [1.82, 2.24) is 19.6 Å². The van der Waals surface area contributed by atoms with Gasteiger partial charge in [-0.15, -0.1) is 0 Å². The number of aromatic nitrogens is 4. The highest BCUT2D eigenvalue weighted by atomic mass is 35.5. The zero-order valence-corrected chi connectivity index (χ0v) is 14.9. The van der Waals surface area contributed by atoms with E-state index in [9.17, 15) is 13.6 Å². The molecule has 0 unspecified atom stereocenters. The monoisotopic (exact) mass is 400 g/mol. The molecular formula is C16H12Cl2F2N4O2. The van der Waals surface area contributed by atoms with E-state index in [1.807, 2.05) is 0 Å². The van der Waals surface area contributed by atoms with Crippen molar-refractivity contribution < 1.29 is 13.5 Å². The van der Waals surface area contributed by atoms with Crippen LogP contribution in [0, 0.1) is 11.6 Å². The quantitative estimate of drug-likeness (QED) is 0.657. The van der Waals surface area contributed by atoms with Crippen LogP contribution in [-0.2, 0) is 6.54 Å². The van der Waals surface area contributed by atoms with Gasteiger partial charge >= 0.3 is 0 Å². The molecule has 0 saturated carbocycles. The van der Waals surface area contributed by atoms with E-state index in [1.54, 1.807) is 6.92 Å². The Labute approximate surface area is 156 Å². The second kappa shape index (κ2) is 7.43. The van der Waals surface area contributed by atoms with Crippen molar-refractivity contribution >= 4 is 23.2 Å². The number of rotatable bonds is 5. The van der Waals surface area contributed by atoms with E-state index in [0.29, 0.717) is 12.3 Å². The van der Waals surface area contributed by atoms with Crippen molar-refractivity contribution in [3.05, 3.63) is 68.2 Å². The number of benzene rings is 1. The Morgan fingerprint density at radius 3 is 2.69 bits per heavy atom. The predicted octanol–water partition coefficient (Wildman–Crippen LogP) is 3.46. The van der Waals surface area contributed by atoms with Crippen LogP contribution in [0.4, 0.5) is 8.78 Å². The summed E-state index contributed by atoms with van der Waals surface area (Å²) in [6.45, 7) is 2.02. The van der Waals surface area contributed by atoms with Crippen molar-refractivity contribution in [1.29, 1.82) is 0 Å². The predicted molar refractivity (Wildman–Crippen MR) is 92.3 cm³/mol. The molecule has 0 radical (unpaired) electrons. The van der Waals surface area contributed by atoms with Gasteiger partial charge in [-0.3, -0.25) is 4.79 Å². The van der Waals surface area contributed by atoms with E-state index in [0.717, 1.165) is 16.8 Å². The van der Waals surface area contributed by atoms with Crippen molar-refractivity contribution in [2.24, 2.45) is 0 Å². The average Bonchev–Trinajstić information content (AvgIpc) is 2.98. The van der Waals surface area contributed by atoms with Crippen LogP contribution in [0.1, 0.15) is 12.6 Å². The summed E-state index contributed by atoms with van der Waals surface area (Å²) in [4.78, 5) is 12.1. The Balaban J connectivity index is 2.02. The van der Waals surface area contributed by atoms with Gasteiger partial charge in [-0.25, -0.2) is 13.5 Å². The summed E-state index contributed by atoms with van der Waals surface area (Å²) < 4.78 is 35.0. The van der Waals surface area contributed by atoms with Crippen LogP contribution in [-0.4, -0.2) is 26.2 Å². The number of hydrogen-bond donors (Lipinski definition) is 0. The van der Waals surface area contributed by atoms with Crippen LogP contribution < -0.4 is 10.3 Å². The van der Waals surface area contributed by atoms with E-state index in [4.69, 9.17) is 27.9 Å². The maximum atomic E-state index is 14.1. The largest absolute Gasteiger partial charge is 0.478 e. The summed E-state index contributed by atoms with van der Waals surface area (Å²) in [5, 5.41) is 8.01. The van der Waals surface area contributed by atoms with Gasteiger partial charge in [-0.05, 0) is 19.1 Å². The van der Waals surface area contributed by atoms with Crippen molar-refractivity contribution in [3.8, 4) is 11.6 Å². The zero-order chi connectivity index (χ0) is 18.8. The highest BCUT2D eigenvalue weighted by Gasteiger charge is 2.16. The number of halogens is 4. The molecule has 0 atom stereocenters. The van der Waals surface area contributed by atoms with Crippen LogP contribution in [0.15, 0.2) is 35.3 Å². The minimum Gasteiger partial charge on any atom is -0.478 e. The van der Waals surface area contributed by atoms with Gasteiger partial charge in [0, 0.05) is 12.1 Å². The summed E-state index contributed by atoms with van der Waals surface area (Å²) in [6.07, 6.45) is 1.24. The van der Waals surface area contributed by atoms with Crippen LogP contribution >= 0.6 is 23.2 Å². The van der Waals surface area contributed by atoms with E-state index in [2.05, 4.69) is 10.2 Å². The Morgan fingerprint density at radius 2 is 2.00 bits per heavy atom. The highest BCUT2D eigenvalue weighted by Crippen LogP contribution is 2.23. The van der Waals surface area contributed by atoms with E-state index >= 15 is 0 Å². The summed E-state index contributed by atoms with van der Waals surface area (Å²) in [7, 11) is 0. The molecule has 0 aliphatic carbocycles. The number of ether oxygens (including phenoxy) is 1. The smallest absolute Gasteiger partial charge is 0.287 e. The summed E-state index contributed by atoms with van der Waals surface area (Å²) in [6, 6.07) is 4.63. The van der Waals surface area contributed by atoms with Crippen molar-refractivity contribution in [2.45, 2.75) is 13.5 Å². The second-order valence-electron chi connectivity index (χ2n) is 5.18. The minimum atomic E-state index is -0.801. The molecule has 0 saturated heterocycles. The molecule has 2 aromatic heterocycles. The van der Waals surface area contributed by atoms with Crippen LogP contribution in [0.3, 0.4) is 0 Å². The molecule has 3 rings (SSSR count). The Bertz CT molecular complexity index is 1020. The average molecular weight is 401 g/mol. The molecule has 136 valence electrons. The summed E-state index contributed by atoms with van der Waals surface area (Å²) in [5.74, 6) is -1.27. The lowest BCUT2D eigenvalue weighted by molar-refractivity contribution is 0.315. The Kier molecular flexibility index (Phi) is 5.24. The maximum Gasteiger partial charge on any atom is 0.287 e. The first kappa shape index (κ1) is 18.3. The van der Waals surface area contributed by atoms with Crippen LogP contribution in [0.2, 0.25) is 10.0 Å². The molecule has 0 N–H and O–H groups in total. The summed E-state index contributed by atoms with van der Waals surface area (Å²) in [5.41, 5.74) is -0.208. The molecule has 0 aliphatic heterocycles. The van der Waals surface area contributed by atoms with Gasteiger partial charge in [0.25, 0.3) is 5.56 Å². The fourth-order valence-electron chi connectivity index (χ4n) is 2.27. The lowest BCUT2D eigenvalue weighted by Crippen LogP contribution is -2.24. The van der Waals surface area contributed by atoms with E-state index < -0.39 is 17.2 Å². The molecule has 26 heavy (non-hydrogen) atoms. The van der Waals surface area contributed by atoms with Crippen molar-refractivity contribution in [2.75, 3.05) is 6.61 Å². The third kappa shape index (κ3) is 3.56. The van der Waals surface area contributed by atoms with Gasteiger partial charge in [-0.1, -0.05) is 23.2 Å². The second-order valence-corrected chi connectivity index (χ2v) is 5.97. The Hall–Kier alpha value is -2.45. The van der Waals surface area contributed by atoms with Gasteiger partial charge in [0.05, 0.1) is 30.1 Å². The van der Waals surface area contributed by atoms with Crippen LogP contribution in [0.25, 0.3) is 5.69 Å². The van der Waals surface area contributed by atoms with Gasteiger partial charge < -0.3 is 4.74 Å². The Morgan fingerprint density at radius 1 is 1.23 bits per heavy atom. The maximum absolute atomic E-state index is 14.1. The molecule has 3 aromatic rings. The molecule has 0 fully saturated rings. The fraction of sp³-hybridized carbons (Fsp3) is 0.188. The van der Waals surface area contributed by atoms with Gasteiger partial charge in [0.15, 0.2) is 5.82 Å². The van der Waals surface area contributed by atoms with Gasteiger partial charge in [-0.2, -0.15) is 14.9 Å². The van der Waals surface area contributed by atoms with E-state index in [1.165, 1.54) is 23.0 Å². The third-order valence-corrected chi connectivity index (χ3v) is 4.16. The van der Waals surface area contributed by atoms with Gasteiger partial charge in [0.1, 0.15) is 16.5 Å². The lowest BCUT2D eigenvalue weighted by atomic mass is 10.3. The molecule has 0 aliphatic rings. The first-order valence-electron chi connectivity index (χ1n) is 7.49. The number of hydrogen-bond acceptors (Lipinski definition) is 4. The normalized spacial score (nSPS) is 11.0. The SMILES string of the molecule is CCOc1cc(Cn2ncc(Cl)c(Cl)c2=O)nn1-c1ccc(F)cc1F. The topological polar surface area (TPSA) is 61.9 Å². The van der Waals surface area contributed by atoms with E-state index in [-0.39, 0.29) is 28.2 Å². The molecule has 1 aromatic carbocycles. The lowest BCUT2D eigenvalue weighted by Gasteiger charge is -2.08. The van der Waals surface area contributed by atoms with Gasteiger partial charge in [0.2, 0.25) is 5.88 Å². The molecule has 0 spiro atoms. The molecule has 0 amide bonds. The zero-order valence-electron chi connectivity index (χ0n) is 13.4. The first-order chi connectivity index (χ1) is 12.4. The molecule has 6 nitrogen and oxygen atoms in total. The van der Waals surface area contributed by atoms with Crippen molar-refractivity contribution in [3.63, 3.8) is 0 Å². The third-order valence-electron chi connectivity index (χ3n) is 3.41. The highest BCUT2D eigenvalue weighted by molar-refractivity contribution is 6.41. The molecular weight excluding hydrogens is 389 g/mol. The molecule has 0 bridgehead atoms.